The van der Waals surface area contributed by atoms with E-state index in [1.807, 2.05) is 0 Å². The maximum atomic E-state index is 14.8. The molecule has 3 amide bonds. The van der Waals surface area contributed by atoms with Gasteiger partial charge < -0.3 is 9.64 Å². The van der Waals surface area contributed by atoms with Gasteiger partial charge in [0.05, 0.1) is 12.6 Å². The second-order valence-corrected chi connectivity index (χ2v) is 6.83. The van der Waals surface area contributed by atoms with E-state index in [1.165, 1.54) is 11.0 Å². The molecule has 7 heteroatoms. The fourth-order valence-corrected chi connectivity index (χ4v) is 3.86. The van der Waals surface area contributed by atoms with Gasteiger partial charge in [-0.2, -0.15) is 0 Å². The van der Waals surface area contributed by atoms with Gasteiger partial charge in [0, 0.05) is 17.5 Å². The van der Waals surface area contributed by atoms with E-state index in [0.29, 0.717) is 0 Å². The number of fused-ring (bicyclic) bond motifs is 1. The second-order valence-electron chi connectivity index (χ2n) is 6.83. The van der Waals surface area contributed by atoms with Crippen LogP contribution < -0.4 is 10.1 Å². The first kappa shape index (κ1) is 16.1. The number of nitrogens with zero attached hydrogens (tertiary/aromatic N) is 1. The number of rotatable bonds is 3. The molecule has 0 aromatic heterocycles. The third-order valence-electron chi connectivity index (χ3n) is 5.21. The Morgan fingerprint density at radius 2 is 1.88 bits per heavy atom. The van der Waals surface area contributed by atoms with Crippen LogP contribution in [0.4, 0.5) is 4.39 Å². The predicted molar refractivity (Wildman–Crippen MR) is 85.3 cm³/mol. The summed E-state index contributed by atoms with van der Waals surface area (Å²) in [4.78, 5) is 37.2. The molecule has 1 N–H and O–H groups in total. The molecule has 132 valence electrons. The van der Waals surface area contributed by atoms with Crippen molar-refractivity contribution in [2.75, 3.05) is 0 Å². The van der Waals surface area contributed by atoms with Gasteiger partial charge in [-0.1, -0.05) is 0 Å². The molecule has 2 fully saturated rings. The molecular formula is C18H19FN2O4. The molecular weight excluding hydrogens is 327 g/mol. The smallest absolute Gasteiger partial charge is 0.255 e. The second kappa shape index (κ2) is 6.13. The molecule has 0 radical (unpaired) electrons. The number of halogens is 1. The summed E-state index contributed by atoms with van der Waals surface area (Å²) in [6.07, 6.45) is 4.45. The average Bonchev–Trinajstić information content (AvgIpc) is 3.19. The number of hydrogen-bond donors (Lipinski definition) is 1. The highest BCUT2D eigenvalue weighted by Gasteiger charge is 2.40. The van der Waals surface area contributed by atoms with Crippen molar-refractivity contribution >= 4 is 17.7 Å². The third-order valence-corrected chi connectivity index (χ3v) is 5.21. The quantitative estimate of drug-likeness (QED) is 0.849. The molecule has 2 aliphatic heterocycles. The number of piperidine rings is 1. The highest BCUT2D eigenvalue weighted by molar-refractivity contribution is 6.05. The minimum absolute atomic E-state index is 0.0220. The van der Waals surface area contributed by atoms with Crippen LogP contribution in [0.3, 0.4) is 0 Å². The van der Waals surface area contributed by atoms with Gasteiger partial charge in [-0.05, 0) is 44.2 Å². The Bertz CT molecular complexity index is 758. The van der Waals surface area contributed by atoms with Gasteiger partial charge in [0.15, 0.2) is 11.6 Å². The number of hydrogen-bond acceptors (Lipinski definition) is 4. The van der Waals surface area contributed by atoms with Crippen LogP contribution in [0.1, 0.15) is 54.4 Å². The molecule has 1 saturated carbocycles. The maximum Gasteiger partial charge on any atom is 0.255 e. The lowest BCUT2D eigenvalue weighted by molar-refractivity contribution is -0.136. The van der Waals surface area contributed by atoms with Gasteiger partial charge in [-0.15, -0.1) is 0 Å². The van der Waals surface area contributed by atoms with Crippen molar-refractivity contribution < 1.29 is 23.5 Å². The summed E-state index contributed by atoms with van der Waals surface area (Å²) in [5.41, 5.74) is 0.533. The SMILES string of the molecule is O=C1CCC(N2Cc3c(ccc(OC4CCCC4)c3F)C2=O)C(=O)N1. The van der Waals surface area contributed by atoms with E-state index in [-0.39, 0.29) is 54.2 Å². The molecule has 1 aliphatic carbocycles. The zero-order chi connectivity index (χ0) is 17.6. The zero-order valence-electron chi connectivity index (χ0n) is 13.7. The van der Waals surface area contributed by atoms with E-state index in [0.717, 1.165) is 25.7 Å². The molecule has 6 nitrogen and oxygen atoms in total. The van der Waals surface area contributed by atoms with E-state index in [4.69, 9.17) is 4.74 Å². The van der Waals surface area contributed by atoms with Crippen LogP contribution in [0.5, 0.6) is 5.75 Å². The van der Waals surface area contributed by atoms with Gasteiger partial charge in [-0.25, -0.2) is 4.39 Å². The minimum Gasteiger partial charge on any atom is -0.487 e. The Hall–Kier alpha value is -2.44. The van der Waals surface area contributed by atoms with Crippen LogP contribution in [-0.4, -0.2) is 34.8 Å². The lowest BCUT2D eigenvalue weighted by atomic mass is 10.0. The minimum atomic E-state index is -0.740. The largest absolute Gasteiger partial charge is 0.487 e. The molecule has 0 spiro atoms. The van der Waals surface area contributed by atoms with Crippen LogP contribution in [-0.2, 0) is 16.1 Å². The van der Waals surface area contributed by atoms with Crippen molar-refractivity contribution in [2.45, 2.75) is 57.2 Å². The summed E-state index contributed by atoms with van der Waals surface area (Å²) in [7, 11) is 0. The summed E-state index contributed by atoms with van der Waals surface area (Å²) in [5.74, 6) is -1.57. The summed E-state index contributed by atoms with van der Waals surface area (Å²) in [6, 6.07) is 2.33. The summed E-state index contributed by atoms with van der Waals surface area (Å²) >= 11 is 0. The monoisotopic (exact) mass is 346 g/mol. The first-order valence-electron chi connectivity index (χ1n) is 8.67. The van der Waals surface area contributed by atoms with Crippen molar-refractivity contribution in [3.05, 3.63) is 29.1 Å². The topological polar surface area (TPSA) is 75.7 Å². The number of carbonyl (C=O) groups excluding carboxylic acids is 3. The van der Waals surface area contributed by atoms with Gasteiger partial charge in [0.25, 0.3) is 5.91 Å². The van der Waals surface area contributed by atoms with E-state index >= 15 is 0 Å². The fraction of sp³-hybridized carbons (Fsp3) is 0.500. The van der Waals surface area contributed by atoms with Gasteiger partial charge in [0.2, 0.25) is 11.8 Å². The van der Waals surface area contributed by atoms with E-state index in [1.54, 1.807) is 6.07 Å². The molecule has 25 heavy (non-hydrogen) atoms. The standard InChI is InChI=1S/C18H19FN2O4/c19-16-12-9-21(13-6-8-15(22)20-17(13)23)18(24)11(12)5-7-14(16)25-10-3-1-2-4-10/h5,7,10,13H,1-4,6,8-9H2,(H,20,22,23). The number of benzene rings is 1. The highest BCUT2D eigenvalue weighted by Crippen LogP contribution is 2.34. The molecule has 0 bridgehead atoms. The predicted octanol–water partition coefficient (Wildman–Crippen LogP) is 1.91. The molecule has 1 aromatic carbocycles. The number of carbonyl (C=O) groups is 3. The molecule has 1 saturated heterocycles. The molecule has 4 rings (SSSR count). The fourth-order valence-electron chi connectivity index (χ4n) is 3.86. The lowest BCUT2D eigenvalue weighted by Gasteiger charge is -2.29. The summed E-state index contributed by atoms with van der Waals surface area (Å²) in [6.45, 7) is 0.0220. The molecule has 1 atom stereocenters. The molecule has 2 heterocycles. The Morgan fingerprint density at radius 3 is 2.60 bits per heavy atom. The van der Waals surface area contributed by atoms with Crippen molar-refractivity contribution in [3.63, 3.8) is 0 Å². The Kier molecular flexibility index (Phi) is 3.94. The van der Waals surface area contributed by atoms with Crippen molar-refractivity contribution in [1.29, 1.82) is 0 Å². The van der Waals surface area contributed by atoms with Gasteiger partial charge in [-0.3, -0.25) is 19.7 Å². The van der Waals surface area contributed by atoms with E-state index in [2.05, 4.69) is 5.32 Å². The van der Waals surface area contributed by atoms with Crippen LogP contribution in [0.25, 0.3) is 0 Å². The molecule has 3 aliphatic rings. The summed E-state index contributed by atoms with van der Waals surface area (Å²) < 4.78 is 20.6. The zero-order valence-corrected chi connectivity index (χ0v) is 13.7. The molecule has 1 unspecified atom stereocenters. The Balaban J connectivity index is 1.57. The van der Waals surface area contributed by atoms with Crippen molar-refractivity contribution in [1.82, 2.24) is 10.2 Å². The van der Waals surface area contributed by atoms with Crippen molar-refractivity contribution in [3.8, 4) is 5.75 Å². The maximum absolute atomic E-state index is 14.8. The summed E-state index contributed by atoms with van der Waals surface area (Å²) in [5, 5.41) is 2.24. The highest BCUT2D eigenvalue weighted by atomic mass is 19.1. The lowest BCUT2D eigenvalue weighted by Crippen LogP contribution is -2.52. The first-order chi connectivity index (χ1) is 12.0. The molecule has 1 aromatic rings. The van der Waals surface area contributed by atoms with Crippen molar-refractivity contribution in [2.24, 2.45) is 0 Å². The number of imide groups is 1. The third kappa shape index (κ3) is 2.77. The van der Waals surface area contributed by atoms with E-state index < -0.39 is 17.8 Å². The van der Waals surface area contributed by atoms with Crippen LogP contribution in [0.15, 0.2) is 12.1 Å². The number of ether oxygens (including phenoxy) is 1. The Morgan fingerprint density at radius 1 is 1.12 bits per heavy atom. The van der Waals surface area contributed by atoms with Gasteiger partial charge >= 0.3 is 0 Å². The van der Waals surface area contributed by atoms with Crippen LogP contribution in [0, 0.1) is 5.82 Å². The normalized spacial score (nSPS) is 23.8. The average molecular weight is 346 g/mol. The van der Waals surface area contributed by atoms with Gasteiger partial charge in [0.1, 0.15) is 6.04 Å². The number of nitrogens with one attached hydrogen (secondary N) is 1. The van der Waals surface area contributed by atoms with Crippen LogP contribution in [0.2, 0.25) is 0 Å². The number of amides is 3. The van der Waals surface area contributed by atoms with E-state index in [9.17, 15) is 18.8 Å². The first-order valence-corrected chi connectivity index (χ1v) is 8.67. The Labute approximate surface area is 144 Å². The van der Waals surface area contributed by atoms with Crippen LogP contribution >= 0.6 is 0 Å².